The topological polar surface area (TPSA) is 65.0 Å². The van der Waals surface area contributed by atoms with E-state index in [1.54, 1.807) is 23.1 Å². The maximum Gasteiger partial charge on any atom is 0.316 e. The van der Waals surface area contributed by atoms with Gasteiger partial charge in [-0.05, 0) is 55.4 Å². The van der Waals surface area contributed by atoms with Crippen LogP contribution in [0.15, 0.2) is 10.2 Å². The van der Waals surface area contributed by atoms with Gasteiger partial charge in [-0.2, -0.15) is 0 Å². The molecule has 3 aromatic rings. The number of ether oxygens (including phenoxy) is 1. The number of hydrogen-bond acceptors (Lipinski definition) is 8. The van der Waals surface area contributed by atoms with E-state index in [0.29, 0.717) is 12.5 Å². The van der Waals surface area contributed by atoms with Gasteiger partial charge >= 0.3 is 5.97 Å². The molecule has 0 aromatic carbocycles. The fourth-order valence-corrected chi connectivity index (χ4v) is 6.74. The van der Waals surface area contributed by atoms with E-state index in [1.807, 2.05) is 6.26 Å². The number of aryl methyl sites for hydroxylation is 1. The van der Waals surface area contributed by atoms with Crippen LogP contribution in [0.2, 0.25) is 0 Å². The largest absolute Gasteiger partial charge is 0.465 e. The van der Waals surface area contributed by atoms with E-state index in [1.165, 1.54) is 40.4 Å². The van der Waals surface area contributed by atoms with Gasteiger partial charge < -0.3 is 4.74 Å². The number of hydrogen-bond donors (Lipinski definition) is 0. The quantitative estimate of drug-likeness (QED) is 0.106. The molecule has 0 atom stereocenters. The minimum Gasteiger partial charge on any atom is -0.465 e. The normalized spacial score (nSPS) is 13.4. The first-order valence-electron chi connectivity index (χ1n) is 11.5. The second-order valence-electron chi connectivity index (χ2n) is 8.66. The van der Waals surface area contributed by atoms with Crippen LogP contribution in [0.1, 0.15) is 63.3 Å². The molecule has 4 rings (SSSR count). The molecule has 5 nitrogen and oxygen atoms in total. The van der Waals surface area contributed by atoms with Crippen LogP contribution in [0.3, 0.4) is 0 Å². The molecule has 0 radical (unpaired) electrons. The Morgan fingerprint density at radius 2 is 1.97 bits per heavy atom. The first kappa shape index (κ1) is 23.8. The highest BCUT2D eigenvalue weighted by Crippen LogP contribution is 2.43. The third-order valence-electron chi connectivity index (χ3n) is 5.69. The predicted molar refractivity (Wildman–Crippen MR) is 136 cm³/mol. The lowest BCUT2D eigenvalue weighted by molar-refractivity contribution is -0.140. The van der Waals surface area contributed by atoms with Gasteiger partial charge in [0.05, 0.1) is 22.6 Å². The maximum atomic E-state index is 12.2. The zero-order chi connectivity index (χ0) is 22.7. The van der Waals surface area contributed by atoms with E-state index in [2.05, 4.69) is 20.8 Å². The molecule has 8 heteroatoms. The third kappa shape index (κ3) is 5.07. The summed E-state index contributed by atoms with van der Waals surface area (Å²) in [6.45, 7) is 7.15. The number of rotatable bonds is 10. The fraction of sp³-hybridized carbons (Fsp3) is 0.583. The number of thioether (sulfide) groups is 2. The monoisotopic (exact) mass is 489 g/mol. The van der Waals surface area contributed by atoms with Gasteiger partial charge in [0.2, 0.25) is 0 Å². The van der Waals surface area contributed by atoms with Crippen molar-refractivity contribution in [2.24, 2.45) is 5.92 Å². The zero-order valence-electron chi connectivity index (χ0n) is 19.3. The number of carbonyl (C=O) groups excluding carboxylic acids is 1. The second kappa shape index (κ2) is 10.7. The molecule has 0 unspecified atom stereocenters. The number of fused-ring (bicyclic) bond motifs is 5. The standard InChI is InChI=1S/C24H31N3O2S3/c1-5-6-7-11-29-18(28)13-31-23-21-20(26-24(27-23)30-4)19-16-10-8-9-15(16)17(12-14(2)3)25-22(19)32-21/h14H,5-13H2,1-4H3. The molecule has 0 saturated heterocycles. The average Bonchev–Trinajstić information content (AvgIpc) is 3.39. The molecule has 0 N–H and O–H groups in total. The number of aromatic nitrogens is 3. The van der Waals surface area contributed by atoms with Gasteiger partial charge in [0, 0.05) is 11.1 Å². The summed E-state index contributed by atoms with van der Waals surface area (Å²) >= 11 is 4.67. The van der Waals surface area contributed by atoms with Gasteiger partial charge in [0.15, 0.2) is 5.16 Å². The van der Waals surface area contributed by atoms with Crippen molar-refractivity contribution in [3.63, 3.8) is 0 Å². The third-order valence-corrected chi connectivity index (χ3v) is 8.40. The molecule has 1 aliphatic carbocycles. The highest BCUT2D eigenvalue weighted by Gasteiger charge is 2.25. The van der Waals surface area contributed by atoms with Crippen LogP contribution >= 0.6 is 34.9 Å². The van der Waals surface area contributed by atoms with Crippen molar-refractivity contribution in [1.29, 1.82) is 0 Å². The molecular weight excluding hydrogens is 458 g/mol. The Morgan fingerprint density at radius 1 is 1.16 bits per heavy atom. The van der Waals surface area contributed by atoms with Crippen molar-refractivity contribution in [3.05, 3.63) is 16.8 Å². The number of nitrogens with zero attached hydrogens (tertiary/aromatic N) is 3. The van der Waals surface area contributed by atoms with Gasteiger partial charge in [-0.25, -0.2) is 15.0 Å². The highest BCUT2D eigenvalue weighted by molar-refractivity contribution is 8.00. The van der Waals surface area contributed by atoms with E-state index in [-0.39, 0.29) is 11.7 Å². The van der Waals surface area contributed by atoms with E-state index < -0.39 is 0 Å². The Labute approximate surface area is 202 Å². The van der Waals surface area contributed by atoms with Crippen LogP contribution in [0, 0.1) is 5.92 Å². The minimum atomic E-state index is -0.178. The Balaban J connectivity index is 1.69. The van der Waals surface area contributed by atoms with E-state index in [9.17, 15) is 4.79 Å². The number of unbranched alkanes of at least 4 members (excludes halogenated alkanes) is 2. The summed E-state index contributed by atoms with van der Waals surface area (Å²) in [7, 11) is 0. The smallest absolute Gasteiger partial charge is 0.316 e. The molecule has 0 saturated carbocycles. The van der Waals surface area contributed by atoms with E-state index in [4.69, 9.17) is 19.7 Å². The molecule has 0 aliphatic heterocycles. The van der Waals surface area contributed by atoms with Gasteiger partial charge in [-0.15, -0.1) is 11.3 Å². The van der Waals surface area contributed by atoms with Gasteiger partial charge in [-0.1, -0.05) is 57.1 Å². The lowest BCUT2D eigenvalue weighted by atomic mass is 9.99. The molecule has 172 valence electrons. The number of esters is 1. The number of thiophene rings is 1. The molecule has 0 fully saturated rings. The lowest BCUT2D eigenvalue weighted by Crippen LogP contribution is -2.08. The Bertz CT molecular complexity index is 1130. The fourth-order valence-electron chi connectivity index (χ4n) is 4.25. The molecular formula is C24H31N3O2S3. The number of carbonyl (C=O) groups is 1. The summed E-state index contributed by atoms with van der Waals surface area (Å²) in [5, 5.41) is 2.82. The SMILES string of the molecule is CCCCCOC(=O)CSc1nc(SC)nc2c1sc1nc(CC(C)C)c3c(c12)CCC3. The minimum absolute atomic E-state index is 0.178. The first-order chi connectivity index (χ1) is 15.5. The Kier molecular flexibility index (Phi) is 7.95. The summed E-state index contributed by atoms with van der Waals surface area (Å²) in [5.74, 6) is 0.670. The second-order valence-corrected chi connectivity index (χ2v) is 11.4. The van der Waals surface area contributed by atoms with Crippen LogP contribution in [-0.2, 0) is 28.8 Å². The Hall–Kier alpha value is -1.38. The molecule has 0 amide bonds. The van der Waals surface area contributed by atoms with E-state index >= 15 is 0 Å². The summed E-state index contributed by atoms with van der Waals surface area (Å²) in [5.41, 5.74) is 5.15. The van der Waals surface area contributed by atoms with Gasteiger partial charge in [0.25, 0.3) is 0 Å². The van der Waals surface area contributed by atoms with Crippen LogP contribution in [-0.4, -0.2) is 39.5 Å². The van der Waals surface area contributed by atoms with Crippen molar-refractivity contribution < 1.29 is 9.53 Å². The summed E-state index contributed by atoms with van der Waals surface area (Å²) in [4.78, 5) is 28.1. The lowest BCUT2D eigenvalue weighted by Gasteiger charge is -2.11. The summed E-state index contributed by atoms with van der Waals surface area (Å²) in [6.07, 6.45) is 9.53. The van der Waals surface area contributed by atoms with Crippen LogP contribution in [0.25, 0.3) is 20.4 Å². The average molecular weight is 490 g/mol. The summed E-state index contributed by atoms with van der Waals surface area (Å²) in [6, 6.07) is 0. The molecule has 3 heterocycles. The highest BCUT2D eigenvalue weighted by atomic mass is 32.2. The summed E-state index contributed by atoms with van der Waals surface area (Å²) < 4.78 is 6.44. The first-order valence-corrected chi connectivity index (χ1v) is 14.5. The van der Waals surface area contributed by atoms with E-state index in [0.717, 1.165) is 63.8 Å². The van der Waals surface area contributed by atoms with Crippen molar-refractivity contribution in [1.82, 2.24) is 15.0 Å². The van der Waals surface area contributed by atoms with Gasteiger partial charge in [-0.3, -0.25) is 4.79 Å². The van der Waals surface area contributed by atoms with Gasteiger partial charge in [0.1, 0.15) is 9.86 Å². The Morgan fingerprint density at radius 3 is 2.72 bits per heavy atom. The van der Waals surface area contributed by atoms with Crippen LogP contribution in [0.5, 0.6) is 0 Å². The molecule has 0 bridgehead atoms. The predicted octanol–water partition coefficient (Wildman–Crippen LogP) is 6.47. The molecule has 1 aliphatic rings. The number of pyridine rings is 1. The molecule has 32 heavy (non-hydrogen) atoms. The van der Waals surface area contributed by atoms with Crippen LogP contribution in [0.4, 0.5) is 0 Å². The zero-order valence-corrected chi connectivity index (χ0v) is 21.8. The maximum absolute atomic E-state index is 12.2. The van der Waals surface area contributed by atoms with Crippen molar-refractivity contribution in [2.45, 2.75) is 75.9 Å². The molecule has 3 aromatic heterocycles. The van der Waals surface area contributed by atoms with Crippen molar-refractivity contribution >= 4 is 61.3 Å². The van der Waals surface area contributed by atoms with Crippen molar-refractivity contribution in [3.8, 4) is 0 Å². The molecule has 0 spiro atoms. The van der Waals surface area contributed by atoms with Crippen LogP contribution < -0.4 is 0 Å². The van der Waals surface area contributed by atoms with Crippen molar-refractivity contribution in [2.75, 3.05) is 18.6 Å².